The highest BCUT2D eigenvalue weighted by atomic mass is 16.5. The summed E-state index contributed by atoms with van der Waals surface area (Å²) in [5.74, 6) is 2.29. The van der Waals surface area contributed by atoms with Gasteiger partial charge in [0.1, 0.15) is 5.82 Å². The number of unbranched alkanes of at least 4 members (excludes halogenated alkanes) is 2. The van der Waals surface area contributed by atoms with E-state index in [1.807, 2.05) is 24.3 Å². The molecule has 0 aliphatic carbocycles. The molecule has 1 amide bonds. The Balaban J connectivity index is 1.50. The van der Waals surface area contributed by atoms with Gasteiger partial charge in [-0.05, 0) is 37.1 Å². The second-order valence-corrected chi connectivity index (χ2v) is 7.40. The van der Waals surface area contributed by atoms with Crippen molar-refractivity contribution in [2.45, 2.75) is 32.2 Å². The molecule has 0 fully saturated rings. The third-order valence-electron chi connectivity index (χ3n) is 5.33. The van der Waals surface area contributed by atoms with Gasteiger partial charge < -0.3 is 24.1 Å². The van der Waals surface area contributed by atoms with Gasteiger partial charge in [-0.3, -0.25) is 4.79 Å². The van der Waals surface area contributed by atoms with Crippen molar-refractivity contribution in [1.82, 2.24) is 14.9 Å². The van der Waals surface area contributed by atoms with Gasteiger partial charge >= 0.3 is 0 Å². The van der Waals surface area contributed by atoms with Gasteiger partial charge in [-0.15, -0.1) is 6.58 Å². The molecule has 1 N–H and O–H groups in total. The highest BCUT2D eigenvalue weighted by Gasteiger charge is 2.16. The summed E-state index contributed by atoms with van der Waals surface area (Å²) in [7, 11) is 4.59. The molecule has 1 heterocycles. The molecule has 0 unspecified atom stereocenters. The molecule has 0 radical (unpaired) electrons. The Morgan fingerprint density at radius 1 is 1.06 bits per heavy atom. The fraction of sp³-hybridized carbons (Fsp3) is 0.360. The first-order valence-electron chi connectivity index (χ1n) is 10.8. The Kier molecular flexibility index (Phi) is 8.14. The van der Waals surface area contributed by atoms with Crippen LogP contribution in [-0.4, -0.2) is 43.3 Å². The van der Waals surface area contributed by atoms with Crippen molar-refractivity contribution in [3.05, 3.63) is 60.4 Å². The summed E-state index contributed by atoms with van der Waals surface area (Å²) in [4.78, 5) is 17.3. The molecular formula is C25H31N3O4. The monoisotopic (exact) mass is 437 g/mol. The Labute approximate surface area is 189 Å². The molecule has 0 bridgehead atoms. The summed E-state index contributed by atoms with van der Waals surface area (Å²) in [5, 5.41) is 2.97. The van der Waals surface area contributed by atoms with E-state index in [0.717, 1.165) is 49.1 Å². The second kappa shape index (κ2) is 11.2. The highest BCUT2D eigenvalue weighted by Crippen LogP contribution is 2.38. The van der Waals surface area contributed by atoms with E-state index in [1.54, 1.807) is 12.1 Å². The zero-order chi connectivity index (χ0) is 22.9. The van der Waals surface area contributed by atoms with Crippen molar-refractivity contribution in [1.29, 1.82) is 0 Å². The van der Waals surface area contributed by atoms with Crippen LogP contribution in [0.1, 0.15) is 35.4 Å². The van der Waals surface area contributed by atoms with E-state index in [4.69, 9.17) is 19.2 Å². The van der Waals surface area contributed by atoms with Crippen LogP contribution in [0.25, 0.3) is 11.0 Å². The maximum absolute atomic E-state index is 12.6. The van der Waals surface area contributed by atoms with E-state index in [1.165, 1.54) is 21.3 Å². The Bertz CT molecular complexity index is 1050. The van der Waals surface area contributed by atoms with Crippen molar-refractivity contribution in [3.63, 3.8) is 0 Å². The predicted molar refractivity (Wildman–Crippen MR) is 126 cm³/mol. The molecule has 3 aromatic rings. The summed E-state index contributed by atoms with van der Waals surface area (Å²) in [5.41, 5.74) is 2.62. The molecule has 0 aliphatic heterocycles. The van der Waals surface area contributed by atoms with Gasteiger partial charge in [-0.1, -0.05) is 24.6 Å². The summed E-state index contributed by atoms with van der Waals surface area (Å²) in [6.07, 6.45) is 5.67. The van der Waals surface area contributed by atoms with Gasteiger partial charge in [0.05, 0.1) is 32.4 Å². The lowest BCUT2D eigenvalue weighted by Crippen LogP contribution is -2.24. The van der Waals surface area contributed by atoms with Crippen molar-refractivity contribution in [2.24, 2.45) is 0 Å². The lowest BCUT2D eigenvalue weighted by molar-refractivity contribution is 0.0952. The molecule has 32 heavy (non-hydrogen) atoms. The number of hydrogen-bond acceptors (Lipinski definition) is 5. The molecule has 0 saturated carbocycles. The van der Waals surface area contributed by atoms with Gasteiger partial charge in [0, 0.05) is 25.1 Å². The molecule has 2 aromatic carbocycles. The van der Waals surface area contributed by atoms with E-state index in [0.29, 0.717) is 29.4 Å². The number of aryl methyl sites for hydroxylation is 1. The van der Waals surface area contributed by atoms with Crippen LogP contribution in [0.2, 0.25) is 0 Å². The molecule has 3 rings (SSSR count). The van der Waals surface area contributed by atoms with Crippen LogP contribution < -0.4 is 19.5 Å². The van der Waals surface area contributed by atoms with Gasteiger partial charge in [0.25, 0.3) is 5.91 Å². The number of ether oxygens (including phenoxy) is 3. The Hall–Kier alpha value is -3.48. The maximum Gasteiger partial charge on any atom is 0.251 e. The Morgan fingerprint density at radius 2 is 1.78 bits per heavy atom. The average Bonchev–Trinajstić information content (AvgIpc) is 3.17. The van der Waals surface area contributed by atoms with Crippen LogP contribution >= 0.6 is 0 Å². The van der Waals surface area contributed by atoms with Crippen LogP contribution in [0.3, 0.4) is 0 Å². The van der Waals surface area contributed by atoms with Gasteiger partial charge in [-0.2, -0.15) is 0 Å². The smallest absolute Gasteiger partial charge is 0.251 e. The number of amides is 1. The molecule has 0 saturated heterocycles. The van der Waals surface area contributed by atoms with Crippen LogP contribution in [-0.2, 0) is 13.0 Å². The molecule has 7 nitrogen and oxygen atoms in total. The van der Waals surface area contributed by atoms with E-state index in [2.05, 4.69) is 22.5 Å². The quantitative estimate of drug-likeness (QED) is 0.336. The summed E-state index contributed by atoms with van der Waals surface area (Å²) in [6, 6.07) is 11.5. The predicted octanol–water partition coefficient (Wildman–Crippen LogP) is 4.39. The van der Waals surface area contributed by atoms with Crippen LogP contribution in [0.15, 0.2) is 49.1 Å². The van der Waals surface area contributed by atoms with Gasteiger partial charge in [0.2, 0.25) is 5.75 Å². The number of carbonyl (C=O) groups excluding carboxylic acids is 1. The van der Waals surface area contributed by atoms with Crippen molar-refractivity contribution < 1.29 is 19.0 Å². The number of aromatic nitrogens is 2. The molecule has 170 valence electrons. The fourth-order valence-corrected chi connectivity index (χ4v) is 3.75. The number of para-hydroxylation sites is 2. The SMILES string of the molecule is C=CCn1c(CCCCCNC(=O)c2cc(OC)c(OC)c(OC)c2)nc2ccccc21. The largest absolute Gasteiger partial charge is 0.493 e. The zero-order valence-corrected chi connectivity index (χ0v) is 19.0. The number of rotatable bonds is 12. The third-order valence-corrected chi connectivity index (χ3v) is 5.33. The second-order valence-electron chi connectivity index (χ2n) is 7.40. The number of allylic oxidation sites excluding steroid dienone is 1. The average molecular weight is 438 g/mol. The fourth-order valence-electron chi connectivity index (χ4n) is 3.75. The number of carbonyl (C=O) groups is 1. The molecule has 1 aromatic heterocycles. The lowest BCUT2D eigenvalue weighted by atomic mass is 10.1. The number of nitrogens with one attached hydrogen (secondary N) is 1. The minimum Gasteiger partial charge on any atom is -0.493 e. The number of methoxy groups -OCH3 is 3. The number of benzene rings is 2. The molecule has 0 atom stereocenters. The first-order valence-corrected chi connectivity index (χ1v) is 10.8. The maximum atomic E-state index is 12.6. The summed E-state index contributed by atoms with van der Waals surface area (Å²) >= 11 is 0. The number of nitrogens with zero attached hydrogens (tertiary/aromatic N) is 2. The minimum absolute atomic E-state index is 0.169. The summed E-state index contributed by atoms with van der Waals surface area (Å²) in [6.45, 7) is 5.21. The highest BCUT2D eigenvalue weighted by molar-refractivity contribution is 5.95. The standard InChI is InChI=1S/C25H31N3O4/c1-5-15-28-20-12-9-8-11-19(20)27-23(28)13-7-6-10-14-26-25(29)18-16-21(30-2)24(32-4)22(17-18)31-3/h5,8-9,11-12,16-17H,1,6-7,10,13-15H2,2-4H3,(H,26,29). The van der Waals surface area contributed by atoms with Crippen molar-refractivity contribution in [2.75, 3.05) is 27.9 Å². The lowest BCUT2D eigenvalue weighted by Gasteiger charge is -2.14. The third kappa shape index (κ3) is 5.22. The van der Waals surface area contributed by atoms with E-state index < -0.39 is 0 Å². The van der Waals surface area contributed by atoms with Crippen LogP contribution in [0, 0.1) is 0 Å². The first-order chi connectivity index (χ1) is 15.6. The number of hydrogen-bond donors (Lipinski definition) is 1. The van der Waals surface area contributed by atoms with Crippen LogP contribution in [0.5, 0.6) is 17.2 Å². The first kappa shape index (κ1) is 23.2. The Morgan fingerprint density at radius 3 is 2.44 bits per heavy atom. The molecular weight excluding hydrogens is 406 g/mol. The normalized spacial score (nSPS) is 10.7. The zero-order valence-electron chi connectivity index (χ0n) is 19.0. The topological polar surface area (TPSA) is 74.6 Å². The molecule has 0 spiro atoms. The van der Waals surface area contributed by atoms with Gasteiger partial charge in [-0.25, -0.2) is 4.98 Å². The molecule has 0 aliphatic rings. The van der Waals surface area contributed by atoms with Gasteiger partial charge in [0.15, 0.2) is 11.5 Å². The van der Waals surface area contributed by atoms with E-state index in [9.17, 15) is 4.79 Å². The molecule has 7 heteroatoms. The van der Waals surface area contributed by atoms with E-state index in [-0.39, 0.29) is 5.91 Å². The summed E-state index contributed by atoms with van der Waals surface area (Å²) < 4.78 is 18.2. The minimum atomic E-state index is -0.169. The van der Waals surface area contributed by atoms with Crippen LogP contribution in [0.4, 0.5) is 0 Å². The van der Waals surface area contributed by atoms with Crippen molar-refractivity contribution >= 4 is 16.9 Å². The number of imidazole rings is 1. The van der Waals surface area contributed by atoms with E-state index >= 15 is 0 Å². The van der Waals surface area contributed by atoms with Crippen molar-refractivity contribution in [3.8, 4) is 17.2 Å². The number of fused-ring (bicyclic) bond motifs is 1.